The van der Waals surface area contributed by atoms with Crippen LogP contribution in [0.25, 0.3) is 0 Å². The number of carboxylic acid groups (broad SMARTS) is 1. The van der Waals surface area contributed by atoms with Crippen molar-refractivity contribution in [2.75, 3.05) is 5.32 Å². The van der Waals surface area contributed by atoms with Crippen molar-refractivity contribution < 1.29 is 19.4 Å². The van der Waals surface area contributed by atoms with Gasteiger partial charge in [0.25, 0.3) is 0 Å². The minimum absolute atomic E-state index is 0.0284. The molecular weight excluding hydrogens is 270 g/mol. The van der Waals surface area contributed by atoms with Crippen LogP contribution < -0.4 is 10.1 Å². The molecule has 1 aromatic carbocycles. The third-order valence-corrected chi connectivity index (χ3v) is 3.28. The zero-order valence-corrected chi connectivity index (χ0v) is 11.4. The summed E-state index contributed by atoms with van der Waals surface area (Å²) in [6, 6.07) is 1.31. The second-order valence-corrected chi connectivity index (χ2v) is 4.95. The molecule has 0 aromatic heterocycles. The Morgan fingerprint density at radius 3 is 2.79 bits per heavy atom. The number of hydrogen-bond acceptors (Lipinski definition) is 3. The van der Waals surface area contributed by atoms with Gasteiger partial charge in [-0.1, -0.05) is 11.6 Å². The summed E-state index contributed by atoms with van der Waals surface area (Å²) in [5.74, 6) is -1.05. The number of aromatic carboxylic acids is 1. The molecule has 1 heterocycles. The van der Waals surface area contributed by atoms with Gasteiger partial charge in [0.05, 0.1) is 16.8 Å². The molecule has 0 bridgehead atoms. The van der Waals surface area contributed by atoms with Crippen molar-refractivity contribution in [2.45, 2.75) is 32.8 Å². The molecule has 19 heavy (non-hydrogen) atoms. The van der Waals surface area contributed by atoms with E-state index in [1.54, 1.807) is 0 Å². The van der Waals surface area contributed by atoms with Crippen molar-refractivity contribution in [2.24, 2.45) is 0 Å². The van der Waals surface area contributed by atoms with Gasteiger partial charge in [-0.05, 0) is 25.8 Å². The Balaban J connectivity index is 2.62. The minimum atomic E-state index is -1.10. The standard InChI is InChI=1S/C13H14ClNO4/c1-6-3-4-8-11(15-7(2)16)10(14)5-9(13(17)18)12(8)19-6/h5-6H,3-4H2,1-2H3,(H,15,16)(H,17,18). The zero-order chi connectivity index (χ0) is 14.2. The average molecular weight is 284 g/mol. The van der Waals surface area contributed by atoms with Gasteiger partial charge in [0.15, 0.2) is 0 Å². The summed E-state index contributed by atoms with van der Waals surface area (Å²) in [6.07, 6.45) is 1.31. The highest BCUT2D eigenvalue weighted by Gasteiger charge is 2.27. The van der Waals surface area contributed by atoms with Gasteiger partial charge in [0.1, 0.15) is 11.3 Å². The Labute approximate surface area is 115 Å². The largest absolute Gasteiger partial charge is 0.489 e. The zero-order valence-electron chi connectivity index (χ0n) is 10.6. The number of anilines is 1. The second kappa shape index (κ2) is 5.09. The number of rotatable bonds is 2. The van der Waals surface area contributed by atoms with E-state index in [1.165, 1.54) is 13.0 Å². The smallest absolute Gasteiger partial charge is 0.339 e. The maximum atomic E-state index is 11.2. The molecule has 0 saturated heterocycles. The van der Waals surface area contributed by atoms with Crippen LogP contribution in [0.5, 0.6) is 5.75 Å². The number of carbonyl (C=O) groups excluding carboxylic acids is 1. The Morgan fingerprint density at radius 2 is 2.21 bits per heavy atom. The molecule has 1 amide bonds. The summed E-state index contributed by atoms with van der Waals surface area (Å²) in [6.45, 7) is 3.25. The summed E-state index contributed by atoms with van der Waals surface area (Å²) >= 11 is 6.06. The second-order valence-electron chi connectivity index (χ2n) is 4.54. The topological polar surface area (TPSA) is 75.6 Å². The first-order valence-electron chi connectivity index (χ1n) is 5.93. The third kappa shape index (κ3) is 2.66. The lowest BCUT2D eigenvalue weighted by Gasteiger charge is -2.27. The van der Waals surface area contributed by atoms with Gasteiger partial charge in [0.2, 0.25) is 5.91 Å². The number of carbonyl (C=O) groups is 2. The van der Waals surface area contributed by atoms with E-state index in [9.17, 15) is 14.7 Å². The number of carboxylic acids is 1. The maximum absolute atomic E-state index is 11.2. The lowest BCUT2D eigenvalue weighted by molar-refractivity contribution is -0.114. The highest BCUT2D eigenvalue weighted by molar-refractivity contribution is 6.34. The van der Waals surface area contributed by atoms with Gasteiger partial charge in [-0.15, -0.1) is 0 Å². The lowest BCUT2D eigenvalue weighted by atomic mass is 9.97. The van der Waals surface area contributed by atoms with Crippen molar-refractivity contribution in [3.8, 4) is 5.75 Å². The molecule has 1 aliphatic heterocycles. The molecule has 6 heteroatoms. The first-order valence-corrected chi connectivity index (χ1v) is 6.31. The van der Waals surface area contributed by atoms with Crippen LogP contribution in [-0.4, -0.2) is 23.1 Å². The lowest BCUT2D eigenvalue weighted by Crippen LogP contribution is -2.23. The number of ether oxygens (including phenoxy) is 1. The first kappa shape index (κ1) is 13.7. The summed E-state index contributed by atoms with van der Waals surface area (Å²) < 4.78 is 5.61. The Bertz CT molecular complexity index is 556. The fourth-order valence-electron chi connectivity index (χ4n) is 2.14. The van der Waals surface area contributed by atoms with E-state index in [0.29, 0.717) is 23.4 Å². The molecule has 2 N–H and O–H groups in total. The van der Waals surface area contributed by atoms with Crippen LogP contribution in [-0.2, 0) is 11.2 Å². The van der Waals surface area contributed by atoms with E-state index >= 15 is 0 Å². The van der Waals surface area contributed by atoms with Gasteiger partial charge >= 0.3 is 5.97 Å². The van der Waals surface area contributed by atoms with E-state index in [4.69, 9.17) is 16.3 Å². The van der Waals surface area contributed by atoms with Crippen LogP contribution in [0.1, 0.15) is 36.2 Å². The summed E-state index contributed by atoms with van der Waals surface area (Å²) in [4.78, 5) is 22.4. The van der Waals surface area contributed by atoms with Crippen molar-refractivity contribution in [1.82, 2.24) is 0 Å². The highest BCUT2D eigenvalue weighted by atomic mass is 35.5. The van der Waals surface area contributed by atoms with Gasteiger partial charge in [-0.25, -0.2) is 4.79 Å². The van der Waals surface area contributed by atoms with Crippen molar-refractivity contribution in [1.29, 1.82) is 0 Å². The average Bonchev–Trinajstić information content (AvgIpc) is 2.31. The third-order valence-electron chi connectivity index (χ3n) is 2.98. The quantitative estimate of drug-likeness (QED) is 0.875. The molecule has 5 nitrogen and oxygen atoms in total. The molecular formula is C13H14ClNO4. The predicted molar refractivity (Wildman–Crippen MR) is 71.1 cm³/mol. The van der Waals surface area contributed by atoms with E-state index in [-0.39, 0.29) is 22.6 Å². The van der Waals surface area contributed by atoms with E-state index in [0.717, 1.165) is 6.42 Å². The molecule has 1 unspecified atom stereocenters. The van der Waals surface area contributed by atoms with Crippen LogP contribution in [0, 0.1) is 0 Å². The first-order chi connectivity index (χ1) is 8.90. The number of amides is 1. The predicted octanol–water partition coefficient (Wildman–Crippen LogP) is 2.71. The summed E-state index contributed by atoms with van der Waals surface area (Å²) in [5, 5.41) is 12.0. The molecule has 1 aromatic rings. The van der Waals surface area contributed by atoms with Crippen molar-refractivity contribution >= 4 is 29.2 Å². The van der Waals surface area contributed by atoms with Crippen molar-refractivity contribution in [3.63, 3.8) is 0 Å². The van der Waals surface area contributed by atoms with E-state index < -0.39 is 5.97 Å². The number of fused-ring (bicyclic) bond motifs is 1. The van der Waals surface area contributed by atoms with Gasteiger partial charge < -0.3 is 15.2 Å². The molecule has 1 aliphatic rings. The van der Waals surface area contributed by atoms with Gasteiger partial charge in [0, 0.05) is 12.5 Å². The number of benzene rings is 1. The summed E-state index contributed by atoms with van der Waals surface area (Å²) in [5.41, 5.74) is 1.12. The highest BCUT2D eigenvalue weighted by Crippen LogP contribution is 2.41. The minimum Gasteiger partial charge on any atom is -0.489 e. The molecule has 1 atom stereocenters. The molecule has 0 spiro atoms. The van der Waals surface area contributed by atoms with Gasteiger partial charge in [-0.3, -0.25) is 4.79 Å². The monoisotopic (exact) mass is 283 g/mol. The van der Waals surface area contributed by atoms with Crippen molar-refractivity contribution in [3.05, 3.63) is 22.2 Å². The molecule has 0 aliphatic carbocycles. The Kier molecular flexibility index (Phi) is 3.66. The molecule has 0 saturated carbocycles. The molecule has 102 valence electrons. The normalized spacial score (nSPS) is 17.3. The van der Waals surface area contributed by atoms with Crippen LogP contribution in [0.2, 0.25) is 5.02 Å². The Morgan fingerprint density at radius 1 is 1.53 bits per heavy atom. The van der Waals surface area contributed by atoms with Gasteiger partial charge in [-0.2, -0.15) is 0 Å². The Hall–Kier alpha value is -1.75. The van der Waals surface area contributed by atoms with E-state index in [1.807, 2.05) is 6.92 Å². The number of halogens is 1. The van der Waals surface area contributed by atoms with Crippen LogP contribution in [0.4, 0.5) is 5.69 Å². The molecule has 2 rings (SSSR count). The fourth-order valence-corrected chi connectivity index (χ4v) is 2.41. The molecule has 0 fully saturated rings. The molecule has 0 radical (unpaired) electrons. The van der Waals surface area contributed by atoms with Crippen LogP contribution >= 0.6 is 11.6 Å². The maximum Gasteiger partial charge on any atom is 0.339 e. The summed E-state index contributed by atoms with van der Waals surface area (Å²) in [7, 11) is 0. The van der Waals surface area contributed by atoms with E-state index in [2.05, 4.69) is 5.32 Å². The fraction of sp³-hybridized carbons (Fsp3) is 0.385. The number of nitrogens with one attached hydrogen (secondary N) is 1. The SMILES string of the molecule is CC(=O)Nc1c(Cl)cc(C(=O)O)c2c1CCC(C)O2. The number of hydrogen-bond donors (Lipinski definition) is 2. The van der Waals surface area contributed by atoms with Crippen LogP contribution in [0.3, 0.4) is 0 Å². The van der Waals surface area contributed by atoms with Crippen LogP contribution in [0.15, 0.2) is 6.07 Å².